The van der Waals surface area contributed by atoms with Gasteiger partial charge in [0.15, 0.2) is 5.65 Å². The highest BCUT2D eigenvalue weighted by Crippen LogP contribution is 2.04. The Morgan fingerprint density at radius 2 is 2.18 bits per heavy atom. The van der Waals surface area contributed by atoms with Crippen molar-refractivity contribution >= 4 is 11.2 Å². The van der Waals surface area contributed by atoms with Crippen LogP contribution in [0.3, 0.4) is 0 Å². The van der Waals surface area contributed by atoms with Gasteiger partial charge in [-0.2, -0.15) is 0 Å². The van der Waals surface area contributed by atoms with Crippen molar-refractivity contribution in [3.05, 3.63) is 22.5 Å². The molecular weight excluding hydrogens is 144 g/mol. The third-order valence-corrected chi connectivity index (χ3v) is 1.51. The van der Waals surface area contributed by atoms with Gasteiger partial charge in [-0.1, -0.05) is 0 Å². The van der Waals surface area contributed by atoms with Crippen molar-refractivity contribution in [1.82, 2.24) is 19.9 Å². The van der Waals surface area contributed by atoms with Gasteiger partial charge in [-0.15, -0.1) is 0 Å². The maximum Gasteiger partial charge on any atom is 0.325 e. The number of imidazole rings is 1. The van der Waals surface area contributed by atoms with Crippen molar-refractivity contribution in [2.75, 3.05) is 0 Å². The SMILES string of the molecule is Cc1ncnc2[nH]c(=O)[nH]c12. The number of nitrogens with zero attached hydrogens (tertiary/aromatic N) is 2. The summed E-state index contributed by atoms with van der Waals surface area (Å²) in [5.74, 6) is 0. The van der Waals surface area contributed by atoms with Gasteiger partial charge in [0.1, 0.15) is 11.8 Å². The average molecular weight is 150 g/mol. The van der Waals surface area contributed by atoms with E-state index in [0.29, 0.717) is 11.2 Å². The zero-order valence-corrected chi connectivity index (χ0v) is 5.88. The van der Waals surface area contributed by atoms with Gasteiger partial charge in [-0.05, 0) is 6.92 Å². The molecule has 0 radical (unpaired) electrons. The smallest absolute Gasteiger partial charge is 0.303 e. The summed E-state index contributed by atoms with van der Waals surface area (Å²) >= 11 is 0. The molecule has 0 aliphatic heterocycles. The topological polar surface area (TPSA) is 74.4 Å². The van der Waals surface area contributed by atoms with E-state index in [-0.39, 0.29) is 5.69 Å². The molecule has 5 heteroatoms. The first-order valence-corrected chi connectivity index (χ1v) is 3.17. The molecule has 0 spiro atoms. The van der Waals surface area contributed by atoms with E-state index in [4.69, 9.17) is 0 Å². The number of hydrogen-bond donors (Lipinski definition) is 2. The Morgan fingerprint density at radius 1 is 1.36 bits per heavy atom. The number of aromatic amines is 2. The van der Waals surface area contributed by atoms with E-state index in [9.17, 15) is 4.79 Å². The van der Waals surface area contributed by atoms with E-state index < -0.39 is 0 Å². The molecule has 2 aromatic rings. The Morgan fingerprint density at radius 3 is 2.91 bits per heavy atom. The highest BCUT2D eigenvalue weighted by molar-refractivity contribution is 5.71. The molecule has 11 heavy (non-hydrogen) atoms. The van der Waals surface area contributed by atoms with Gasteiger partial charge < -0.3 is 4.98 Å². The predicted molar refractivity (Wildman–Crippen MR) is 39.2 cm³/mol. The minimum atomic E-state index is -0.247. The molecule has 0 fully saturated rings. The highest BCUT2D eigenvalue weighted by atomic mass is 16.1. The normalized spacial score (nSPS) is 10.6. The summed E-state index contributed by atoms with van der Waals surface area (Å²) < 4.78 is 0. The van der Waals surface area contributed by atoms with Crippen LogP contribution in [0.5, 0.6) is 0 Å². The Hall–Kier alpha value is -1.65. The fourth-order valence-corrected chi connectivity index (χ4v) is 0.970. The second-order valence-electron chi connectivity index (χ2n) is 2.26. The summed E-state index contributed by atoms with van der Waals surface area (Å²) in [6.45, 7) is 1.81. The lowest BCUT2D eigenvalue weighted by Gasteiger charge is -1.89. The summed E-state index contributed by atoms with van der Waals surface area (Å²) in [6.07, 6.45) is 1.42. The zero-order valence-electron chi connectivity index (χ0n) is 5.88. The summed E-state index contributed by atoms with van der Waals surface area (Å²) in [7, 11) is 0. The van der Waals surface area contributed by atoms with Crippen LogP contribution >= 0.6 is 0 Å². The lowest BCUT2D eigenvalue weighted by molar-refractivity contribution is 1.14. The van der Waals surface area contributed by atoms with Gasteiger partial charge in [0.05, 0.1) is 5.69 Å². The number of hydrogen-bond acceptors (Lipinski definition) is 3. The van der Waals surface area contributed by atoms with Gasteiger partial charge in [-0.3, -0.25) is 4.98 Å². The maximum atomic E-state index is 10.8. The number of aryl methyl sites for hydroxylation is 1. The quantitative estimate of drug-likeness (QED) is 0.553. The Balaban J connectivity index is 3.01. The van der Waals surface area contributed by atoms with Crippen LogP contribution in [0.4, 0.5) is 0 Å². The van der Waals surface area contributed by atoms with Crippen LogP contribution in [0.1, 0.15) is 5.69 Å². The molecule has 0 amide bonds. The molecule has 2 aromatic heterocycles. The number of aromatic nitrogens is 4. The monoisotopic (exact) mass is 150 g/mol. The summed E-state index contributed by atoms with van der Waals surface area (Å²) in [6, 6.07) is 0. The largest absolute Gasteiger partial charge is 0.325 e. The summed E-state index contributed by atoms with van der Waals surface area (Å²) in [4.78, 5) is 23.7. The molecule has 0 aliphatic rings. The van der Waals surface area contributed by atoms with Crippen molar-refractivity contribution in [2.24, 2.45) is 0 Å². The van der Waals surface area contributed by atoms with E-state index in [0.717, 1.165) is 5.69 Å². The molecule has 0 bridgehead atoms. The van der Waals surface area contributed by atoms with Crippen LogP contribution in [-0.2, 0) is 0 Å². The van der Waals surface area contributed by atoms with Crippen LogP contribution in [-0.4, -0.2) is 19.9 Å². The van der Waals surface area contributed by atoms with E-state index in [1.165, 1.54) is 6.33 Å². The molecule has 2 heterocycles. The second kappa shape index (κ2) is 1.91. The first kappa shape index (κ1) is 6.09. The van der Waals surface area contributed by atoms with Crippen molar-refractivity contribution in [1.29, 1.82) is 0 Å². The van der Waals surface area contributed by atoms with Gasteiger partial charge in [0, 0.05) is 0 Å². The molecule has 5 nitrogen and oxygen atoms in total. The van der Waals surface area contributed by atoms with Crippen LogP contribution in [0.15, 0.2) is 11.1 Å². The van der Waals surface area contributed by atoms with Crippen molar-refractivity contribution in [3.63, 3.8) is 0 Å². The molecular formula is C6H6N4O. The number of H-pyrrole nitrogens is 2. The average Bonchev–Trinajstić information content (AvgIpc) is 2.31. The molecule has 0 unspecified atom stereocenters. The second-order valence-corrected chi connectivity index (χ2v) is 2.26. The Labute approximate surface area is 61.5 Å². The third-order valence-electron chi connectivity index (χ3n) is 1.51. The number of rotatable bonds is 0. The fraction of sp³-hybridized carbons (Fsp3) is 0.167. The molecule has 0 saturated heterocycles. The first-order chi connectivity index (χ1) is 5.27. The van der Waals surface area contributed by atoms with E-state index in [2.05, 4.69) is 19.9 Å². The molecule has 2 rings (SSSR count). The third kappa shape index (κ3) is 0.813. The van der Waals surface area contributed by atoms with E-state index in [1.807, 2.05) is 6.92 Å². The Kier molecular flexibility index (Phi) is 1.06. The van der Waals surface area contributed by atoms with Crippen molar-refractivity contribution < 1.29 is 0 Å². The first-order valence-electron chi connectivity index (χ1n) is 3.17. The van der Waals surface area contributed by atoms with Gasteiger partial charge in [0.25, 0.3) is 0 Å². The standard InChI is InChI=1S/C6H6N4O/c1-3-4-5(8-2-7-3)10-6(11)9-4/h2H,1H3,(H2,7,8,9,10,11). The highest BCUT2D eigenvalue weighted by Gasteiger charge is 2.00. The Bertz CT molecular complexity index is 441. The fourth-order valence-electron chi connectivity index (χ4n) is 0.970. The minimum Gasteiger partial charge on any atom is -0.303 e. The predicted octanol–water partition coefficient (Wildman–Crippen LogP) is -0.0454. The number of nitrogens with one attached hydrogen (secondary N) is 2. The van der Waals surface area contributed by atoms with Gasteiger partial charge >= 0.3 is 5.69 Å². The maximum absolute atomic E-state index is 10.8. The molecule has 0 atom stereocenters. The van der Waals surface area contributed by atoms with E-state index in [1.54, 1.807) is 0 Å². The molecule has 0 aliphatic carbocycles. The molecule has 56 valence electrons. The van der Waals surface area contributed by atoms with Crippen LogP contribution in [0, 0.1) is 6.92 Å². The van der Waals surface area contributed by atoms with Crippen LogP contribution in [0.2, 0.25) is 0 Å². The molecule has 0 saturated carbocycles. The lowest BCUT2D eigenvalue weighted by Crippen LogP contribution is -1.99. The summed E-state index contributed by atoms with van der Waals surface area (Å²) in [5, 5.41) is 0. The van der Waals surface area contributed by atoms with E-state index >= 15 is 0 Å². The summed E-state index contributed by atoms with van der Waals surface area (Å²) in [5.41, 5.74) is 1.76. The van der Waals surface area contributed by atoms with Crippen LogP contribution < -0.4 is 5.69 Å². The lowest BCUT2D eigenvalue weighted by atomic mass is 10.4. The van der Waals surface area contributed by atoms with Crippen molar-refractivity contribution in [3.8, 4) is 0 Å². The molecule has 2 N–H and O–H groups in total. The minimum absolute atomic E-state index is 0.247. The van der Waals surface area contributed by atoms with Crippen molar-refractivity contribution in [2.45, 2.75) is 6.92 Å². The van der Waals surface area contributed by atoms with Gasteiger partial charge in [0.2, 0.25) is 0 Å². The number of fused-ring (bicyclic) bond motifs is 1. The van der Waals surface area contributed by atoms with Crippen LogP contribution in [0.25, 0.3) is 11.2 Å². The van der Waals surface area contributed by atoms with Gasteiger partial charge in [-0.25, -0.2) is 14.8 Å². The zero-order chi connectivity index (χ0) is 7.84. The molecule has 0 aromatic carbocycles.